The minimum Gasteiger partial charge on any atom is -0.481 e. The summed E-state index contributed by atoms with van der Waals surface area (Å²) < 4.78 is 0. The highest BCUT2D eigenvalue weighted by molar-refractivity contribution is 5.66. The quantitative estimate of drug-likeness (QED) is 0.414. The fraction of sp³-hybridized carbons (Fsp3) is 0.688. The van der Waals surface area contributed by atoms with Crippen molar-refractivity contribution in [1.29, 1.82) is 0 Å². The van der Waals surface area contributed by atoms with Gasteiger partial charge >= 0.3 is 5.97 Å². The summed E-state index contributed by atoms with van der Waals surface area (Å²) in [5.41, 5.74) is 0. The summed E-state index contributed by atoms with van der Waals surface area (Å²) >= 11 is 0. The monoisotopic (exact) mass is 268 g/mol. The average molecular weight is 268 g/mol. The standard InChI is InChI=1S/C16H28O3/c1-2-3-9-12-15(17)13-10-7-5-4-6-8-11-14-16(18)19/h5,7,10,13,15,17H,2-4,6,8-9,11-12,14H2,1H3,(H,18,19)/b7-5-,13-10+/t15-/m0/s1. The topological polar surface area (TPSA) is 57.5 Å². The van der Waals surface area contributed by atoms with Crippen LogP contribution in [0.15, 0.2) is 24.3 Å². The highest BCUT2D eigenvalue weighted by Gasteiger charge is 1.97. The van der Waals surface area contributed by atoms with E-state index in [1.807, 2.05) is 18.2 Å². The van der Waals surface area contributed by atoms with Crippen LogP contribution in [-0.2, 0) is 4.79 Å². The smallest absolute Gasteiger partial charge is 0.303 e. The molecule has 0 aromatic rings. The lowest BCUT2D eigenvalue weighted by Gasteiger charge is -2.03. The van der Waals surface area contributed by atoms with Gasteiger partial charge in [-0.1, -0.05) is 56.9 Å². The van der Waals surface area contributed by atoms with Gasteiger partial charge in [0.2, 0.25) is 0 Å². The molecular formula is C16H28O3. The average Bonchev–Trinajstić information content (AvgIpc) is 2.36. The van der Waals surface area contributed by atoms with Crippen molar-refractivity contribution in [3.63, 3.8) is 0 Å². The molecule has 0 aliphatic heterocycles. The van der Waals surface area contributed by atoms with Crippen LogP contribution in [0.1, 0.15) is 64.7 Å². The number of carboxylic acids is 1. The Balaban J connectivity index is 3.43. The third kappa shape index (κ3) is 14.9. The van der Waals surface area contributed by atoms with E-state index in [0.717, 1.165) is 38.5 Å². The van der Waals surface area contributed by atoms with Crippen molar-refractivity contribution in [3.05, 3.63) is 24.3 Å². The van der Waals surface area contributed by atoms with Gasteiger partial charge in [0.1, 0.15) is 0 Å². The molecule has 0 fully saturated rings. The van der Waals surface area contributed by atoms with Crippen LogP contribution in [-0.4, -0.2) is 22.3 Å². The largest absolute Gasteiger partial charge is 0.481 e. The summed E-state index contributed by atoms with van der Waals surface area (Å²) in [6.07, 6.45) is 15.7. The van der Waals surface area contributed by atoms with Gasteiger partial charge < -0.3 is 10.2 Å². The van der Waals surface area contributed by atoms with Gasteiger partial charge in [-0.2, -0.15) is 0 Å². The Hall–Kier alpha value is -1.09. The zero-order chi connectivity index (χ0) is 14.3. The number of hydrogen-bond donors (Lipinski definition) is 2. The molecule has 0 unspecified atom stereocenters. The molecule has 0 saturated heterocycles. The molecule has 3 heteroatoms. The highest BCUT2D eigenvalue weighted by Crippen LogP contribution is 2.05. The maximum absolute atomic E-state index is 10.3. The summed E-state index contributed by atoms with van der Waals surface area (Å²) in [4.78, 5) is 10.3. The van der Waals surface area contributed by atoms with Gasteiger partial charge in [0.05, 0.1) is 6.10 Å². The van der Waals surface area contributed by atoms with Crippen LogP contribution in [0.4, 0.5) is 0 Å². The van der Waals surface area contributed by atoms with Gasteiger partial charge in [0, 0.05) is 6.42 Å². The van der Waals surface area contributed by atoms with E-state index in [1.165, 1.54) is 12.8 Å². The SMILES string of the molecule is CCCCC[C@H](O)/C=C/C=C\CCCCCC(=O)O. The van der Waals surface area contributed by atoms with Crippen molar-refractivity contribution in [1.82, 2.24) is 0 Å². The van der Waals surface area contributed by atoms with Crippen molar-refractivity contribution in [2.24, 2.45) is 0 Å². The third-order valence-electron chi connectivity index (χ3n) is 2.95. The van der Waals surface area contributed by atoms with E-state index < -0.39 is 5.97 Å². The first-order chi connectivity index (χ1) is 9.16. The van der Waals surface area contributed by atoms with E-state index in [-0.39, 0.29) is 12.5 Å². The number of carboxylic acid groups (broad SMARTS) is 1. The summed E-state index contributed by atoms with van der Waals surface area (Å²) in [5, 5.41) is 18.1. The van der Waals surface area contributed by atoms with Gasteiger partial charge in [-0.25, -0.2) is 0 Å². The van der Waals surface area contributed by atoms with E-state index in [9.17, 15) is 9.90 Å². The Morgan fingerprint density at radius 3 is 2.58 bits per heavy atom. The number of aliphatic hydroxyl groups is 1. The molecule has 110 valence electrons. The van der Waals surface area contributed by atoms with E-state index in [4.69, 9.17) is 5.11 Å². The second-order valence-electron chi connectivity index (χ2n) is 4.87. The Labute approximate surface area is 117 Å². The number of aliphatic hydroxyl groups excluding tert-OH is 1. The molecule has 0 aliphatic carbocycles. The fourth-order valence-electron chi connectivity index (χ4n) is 1.78. The predicted octanol–water partition coefficient (Wildman–Crippen LogP) is 4.08. The number of aliphatic carboxylic acids is 1. The molecule has 0 amide bonds. The first kappa shape index (κ1) is 17.9. The molecule has 0 aromatic heterocycles. The fourth-order valence-corrected chi connectivity index (χ4v) is 1.78. The summed E-state index contributed by atoms with van der Waals surface area (Å²) in [5.74, 6) is -0.712. The number of allylic oxidation sites excluding steroid dienone is 3. The number of hydrogen-bond acceptors (Lipinski definition) is 2. The first-order valence-electron chi connectivity index (χ1n) is 7.40. The van der Waals surface area contributed by atoms with Gasteiger partial charge in [0.15, 0.2) is 0 Å². The number of rotatable bonds is 12. The van der Waals surface area contributed by atoms with Gasteiger partial charge in [-0.05, 0) is 25.7 Å². The summed E-state index contributed by atoms with van der Waals surface area (Å²) in [6, 6.07) is 0. The minimum atomic E-state index is -0.712. The second kappa shape index (κ2) is 13.3. The summed E-state index contributed by atoms with van der Waals surface area (Å²) in [7, 11) is 0. The van der Waals surface area contributed by atoms with Crippen molar-refractivity contribution >= 4 is 5.97 Å². The normalized spacial score (nSPS) is 13.4. The van der Waals surface area contributed by atoms with Crippen LogP contribution in [0.3, 0.4) is 0 Å². The molecule has 0 rings (SSSR count). The van der Waals surface area contributed by atoms with Crippen LogP contribution < -0.4 is 0 Å². The predicted molar refractivity (Wildman–Crippen MR) is 79.1 cm³/mol. The summed E-state index contributed by atoms with van der Waals surface area (Å²) in [6.45, 7) is 2.15. The van der Waals surface area contributed by atoms with E-state index in [0.29, 0.717) is 0 Å². The lowest BCUT2D eigenvalue weighted by molar-refractivity contribution is -0.137. The molecule has 0 bridgehead atoms. The molecule has 0 aliphatic rings. The molecule has 0 aromatic carbocycles. The molecule has 0 radical (unpaired) electrons. The number of carbonyl (C=O) groups is 1. The third-order valence-corrected chi connectivity index (χ3v) is 2.95. The van der Waals surface area contributed by atoms with Crippen LogP contribution in [0.25, 0.3) is 0 Å². The highest BCUT2D eigenvalue weighted by atomic mass is 16.4. The molecule has 2 N–H and O–H groups in total. The van der Waals surface area contributed by atoms with Crippen LogP contribution >= 0.6 is 0 Å². The Morgan fingerprint density at radius 2 is 1.89 bits per heavy atom. The minimum absolute atomic E-state index is 0.271. The van der Waals surface area contributed by atoms with E-state index in [1.54, 1.807) is 0 Å². The van der Waals surface area contributed by atoms with Crippen molar-refractivity contribution in [3.8, 4) is 0 Å². The van der Waals surface area contributed by atoms with E-state index in [2.05, 4.69) is 13.0 Å². The van der Waals surface area contributed by atoms with E-state index >= 15 is 0 Å². The number of unbranched alkanes of at least 4 members (excludes halogenated alkanes) is 5. The Bertz CT molecular complexity index is 269. The van der Waals surface area contributed by atoms with Gasteiger partial charge in [-0.3, -0.25) is 4.79 Å². The Morgan fingerprint density at radius 1 is 1.11 bits per heavy atom. The maximum Gasteiger partial charge on any atom is 0.303 e. The molecule has 0 heterocycles. The molecule has 0 saturated carbocycles. The maximum atomic E-state index is 10.3. The van der Waals surface area contributed by atoms with Crippen LogP contribution in [0, 0.1) is 0 Å². The molecule has 0 spiro atoms. The Kier molecular flexibility index (Phi) is 12.6. The molecule has 3 nitrogen and oxygen atoms in total. The van der Waals surface area contributed by atoms with Gasteiger partial charge in [-0.15, -0.1) is 0 Å². The second-order valence-corrected chi connectivity index (χ2v) is 4.87. The zero-order valence-corrected chi connectivity index (χ0v) is 12.1. The molecule has 1 atom stereocenters. The first-order valence-corrected chi connectivity index (χ1v) is 7.40. The lowest BCUT2D eigenvalue weighted by atomic mass is 10.1. The van der Waals surface area contributed by atoms with Crippen molar-refractivity contribution < 1.29 is 15.0 Å². The molecule has 19 heavy (non-hydrogen) atoms. The van der Waals surface area contributed by atoms with Crippen LogP contribution in [0.5, 0.6) is 0 Å². The van der Waals surface area contributed by atoms with Gasteiger partial charge in [0.25, 0.3) is 0 Å². The van der Waals surface area contributed by atoms with Crippen molar-refractivity contribution in [2.75, 3.05) is 0 Å². The zero-order valence-electron chi connectivity index (χ0n) is 12.1. The molecular weight excluding hydrogens is 240 g/mol. The van der Waals surface area contributed by atoms with Crippen LogP contribution in [0.2, 0.25) is 0 Å². The lowest BCUT2D eigenvalue weighted by Crippen LogP contribution is -2.00. The van der Waals surface area contributed by atoms with Crippen molar-refractivity contribution in [2.45, 2.75) is 70.8 Å².